The van der Waals surface area contributed by atoms with Gasteiger partial charge in [0.2, 0.25) is 11.8 Å². The van der Waals surface area contributed by atoms with Crippen LogP contribution in [0.5, 0.6) is 0 Å². The molecule has 4 heterocycles. The molecule has 2 saturated heterocycles. The summed E-state index contributed by atoms with van der Waals surface area (Å²) < 4.78 is 0. The highest BCUT2D eigenvalue weighted by molar-refractivity contribution is 6.05. The van der Waals surface area contributed by atoms with E-state index in [1.165, 1.54) is 19.3 Å². The van der Waals surface area contributed by atoms with Gasteiger partial charge in [0.15, 0.2) is 0 Å². The van der Waals surface area contributed by atoms with Crippen molar-refractivity contribution in [3.8, 4) is 0 Å². The Hall–Kier alpha value is -2.28. The van der Waals surface area contributed by atoms with Gasteiger partial charge in [-0.3, -0.25) is 29.6 Å². The second-order valence-electron chi connectivity index (χ2n) is 7.07. The van der Waals surface area contributed by atoms with Crippen LogP contribution in [0.1, 0.15) is 53.7 Å². The largest absolute Gasteiger partial charge is 0.322 e. The van der Waals surface area contributed by atoms with Crippen LogP contribution in [-0.4, -0.2) is 51.6 Å². The molecule has 7 nitrogen and oxygen atoms in total. The molecule has 1 unspecified atom stereocenters. The number of imide groups is 1. The van der Waals surface area contributed by atoms with E-state index in [0.29, 0.717) is 18.5 Å². The summed E-state index contributed by atoms with van der Waals surface area (Å²) in [6.07, 6.45) is 6.14. The SMILES string of the molecule is O=C1CCC(N2Cc3cnc(CN4CCCCC4)cc3C2=O)C(=O)N1. The number of carbonyl (C=O) groups is 3. The summed E-state index contributed by atoms with van der Waals surface area (Å²) in [7, 11) is 0. The third-order valence-electron chi connectivity index (χ3n) is 5.30. The Morgan fingerprint density at radius 3 is 2.72 bits per heavy atom. The van der Waals surface area contributed by atoms with E-state index < -0.39 is 6.04 Å². The van der Waals surface area contributed by atoms with Crippen LogP contribution in [0.4, 0.5) is 0 Å². The van der Waals surface area contributed by atoms with Gasteiger partial charge in [-0.05, 0) is 38.4 Å². The number of aromatic nitrogens is 1. The van der Waals surface area contributed by atoms with Crippen LogP contribution in [0.2, 0.25) is 0 Å². The molecule has 0 aliphatic carbocycles. The van der Waals surface area contributed by atoms with Gasteiger partial charge in [0.05, 0.1) is 5.69 Å². The Kier molecular flexibility index (Phi) is 4.25. The Bertz CT molecular complexity index is 727. The van der Waals surface area contributed by atoms with E-state index in [1.807, 2.05) is 6.07 Å². The first-order chi connectivity index (χ1) is 12.1. The zero-order valence-electron chi connectivity index (χ0n) is 14.2. The first kappa shape index (κ1) is 16.2. The van der Waals surface area contributed by atoms with Gasteiger partial charge in [-0.15, -0.1) is 0 Å². The minimum absolute atomic E-state index is 0.133. The Morgan fingerprint density at radius 1 is 1.16 bits per heavy atom. The van der Waals surface area contributed by atoms with Crippen molar-refractivity contribution in [3.63, 3.8) is 0 Å². The Labute approximate surface area is 146 Å². The molecular formula is C18H22N4O3. The number of hydrogen-bond donors (Lipinski definition) is 1. The van der Waals surface area contributed by atoms with E-state index in [-0.39, 0.29) is 24.1 Å². The van der Waals surface area contributed by atoms with Crippen molar-refractivity contribution in [1.29, 1.82) is 0 Å². The van der Waals surface area contributed by atoms with Gasteiger partial charge in [0.25, 0.3) is 5.91 Å². The van der Waals surface area contributed by atoms with Gasteiger partial charge >= 0.3 is 0 Å². The number of fused-ring (bicyclic) bond motifs is 1. The average Bonchev–Trinajstić information content (AvgIpc) is 2.92. The molecule has 0 spiro atoms. The molecule has 1 aromatic heterocycles. The van der Waals surface area contributed by atoms with Crippen molar-refractivity contribution in [3.05, 3.63) is 29.1 Å². The molecule has 0 radical (unpaired) electrons. The molecule has 132 valence electrons. The van der Waals surface area contributed by atoms with Crippen molar-refractivity contribution in [2.75, 3.05) is 13.1 Å². The van der Waals surface area contributed by atoms with Crippen LogP contribution >= 0.6 is 0 Å². The van der Waals surface area contributed by atoms with Gasteiger partial charge in [-0.1, -0.05) is 6.42 Å². The van der Waals surface area contributed by atoms with E-state index >= 15 is 0 Å². The van der Waals surface area contributed by atoms with Gasteiger partial charge < -0.3 is 4.90 Å². The molecule has 0 bridgehead atoms. The highest BCUT2D eigenvalue weighted by Crippen LogP contribution is 2.27. The van der Waals surface area contributed by atoms with Crippen molar-refractivity contribution in [2.45, 2.75) is 51.2 Å². The molecule has 2 fully saturated rings. The second-order valence-corrected chi connectivity index (χ2v) is 7.07. The normalized spacial score (nSPS) is 24.4. The van der Waals surface area contributed by atoms with Crippen molar-refractivity contribution in [1.82, 2.24) is 20.1 Å². The number of nitrogens with zero attached hydrogens (tertiary/aromatic N) is 3. The molecule has 25 heavy (non-hydrogen) atoms. The lowest BCUT2D eigenvalue weighted by Crippen LogP contribution is -2.52. The zero-order chi connectivity index (χ0) is 17.4. The van der Waals surface area contributed by atoms with Crippen LogP contribution < -0.4 is 5.32 Å². The third kappa shape index (κ3) is 3.16. The number of piperidine rings is 2. The molecule has 7 heteroatoms. The highest BCUT2D eigenvalue weighted by atomic mass is 16.2. The Balaban J connectivity index is 1.49. The lowest BCUT2D eigenvalue weighted by atomic mass is 10.0. The quantitative estimate of drug-likeness (QED) is 0.823. The predicted octanol–water partition coefficient (Wildman–Crippen LogP) is 0.829. The fourth-order valence-corrected chi connectivity index (χ4v) is 3.93. The number of hydrogen-bond acceptors (Lipinski definition) is 5. The molecule has 3 aliphatic rings. The fraction of sp³-hybridized carbons (Fsp3) is 0.556. The topological polar surface area (TPSA) is 82.6 Å². The minimum Gasteiger partial charge on any atom is -0.322 e. The molecule has 1 atom stereocenters. The van der Waals surface area contributed by atoms with Crippen molar-refractivity contribution >= 4 is 17.7 Å². The van der Waals surface area contributed by atoms with E-state index in [4.69, 9.17) is 0 Å². The summed E-state index contributed by atoms with van der Waals surface area (Å²) in [5, 5.41) is 2.33. The zero-order valence-corrected chi connectivity index (χ0v) is 14.2. The summed E-state index contributed by atoms with van der Waals surface area (Å²) in [5.74, 6) is -0.776. The van der Waals surface area contributed by atoms with E-state index in [0.717, 1.165) is 30.9 Å². The van der Waals surface area contributed by atoms with Gasteiger partial charge in [0.1, 0.15) is 6.04 Å². The van der Waals surface area contributed by atoms with E-state index in [9.17, 15) is 14.4 Å². The molecule has 1 N–H and O–H groups in total. The molecule has 3 amide bonds. The molecular weight excluding hydrogens is 320 g/mol. The number of pyridine rings is 1. The molecule has 0 aromatic carbocycles. The Morgan fingerprint density at radius 2 is 1.96 bits per heavy atom. The van der Waals surface area contributed by atoms with Gasteiger partial charge in [-0.2, -0.15) is 0 Å². The lowest BCUT2D eigenvalue weighted by Gasteiger charge is -2.29. The summed E-state index contributed by atoms with van der Waals surface area (Å²) in [4.78, 5) is 44.6. The summed E-state index contributed by atoms with van der Waals surface area (Å²) in [6, 6.07) is 1.31. The molecule has 1 aromatic rings. The average molecular weight is 342 g/mol. The summed E-state index contributed by atoms with van der Waals surface area (Å²) >= 11 is 0. The maximum atomic E-state index is 12.8. The first-order valence-corrected chi connectivity index (χ1v) is 8.96. The number of likely N-dealkylation sites (tertiary alicyclic amines) is 1. The van der Waals surface area contributed by atoms with Crippen LogP contribution in [0, 0.1) is 0 Å². The fourth-order valence-electron chi connectivity index (χ4n) is 3.93. The lowest BCUT2D eigenvalue weighted by molar-refractivity contribution is -0.136. The third-order valence-corrected chi connectivity index (χ3v) is 5.30. The van der Waals surface area contributed by atoms with E-state index in [2.05, 4.69) is 15.2 Å². The number of nitrogens with one attached hydrogen (secondary N) is 1. The van der Waals surface area contributed by atoms with Crippen molar-refractivity contribution < 1.29 is 14.4 Å². The van der Waals surface area contributed by atoms with Crippen LogP contribution in [0.15, 0.2) is 12.3 Å². The summed E-state index contributed by atoms with van der Waals surface area (Å²) in [6.45, 7) is 3.31. The smallest absolute Gasteiger partial charge is 0.255 e. The van der Waals surface area contributed by atoms with Gasteiger partial charge in [0, 0.05) is 36.8 Å². The molecule has 3 aliphatic heterocycles. The number of carbonyl (C=O) groups excluding carboxylic acids is 3. The second kappa shape index (κ2) is 6.55. The summed E-state index contributed by atoms with van der Waals surface area (Å²) in [5.41, 5.74) is 2.41. The monoisotopic (exact) mass is 342 g/mol. The van der Waals surface area contributed by atoms with E-state index in [1.54, 1.807) is 11.1 Å². The van der Waals surface area contributed by atoms with Crippen LogP contribution in [0.3, 0.4) is 0 Å². The van der Waals surface area contributed by atoms with Gasteiger partial charge in [-0.25, -0.2) is 0 Å². The number of rotatable bonds is 3. The van der Waals surface area contributed by atoms with Crippen molar-refractivity contribution in [2.24, 2.45) is 0 Å². The predicted molar refractivity (Wildman–Crippen MR) is 89.4 cm³/mol. The van der Waals surface area contributed by atoms with Crippen LogP contribution in [-0.2, 0) is 22.7 Å². The minimum atomic E-state index is -0.567. The maximum Gasteiger partial charge on any atom is 0.255 e. The molecule has 4 rings (SSSR count). The number of amides is 3. The maximum absolute atomic E-state index is 12.8. The standard InChI is InChI=1S/C18H22N4O3/c23-16-5-4-15(17(24)20-16)22-10-12-9-19-13(8-14(12)18(22)25)11-21-6-2-1-3-7-21/h8-9,15H,1-7,10-11H2,(H,20,23,24). The first-order valence-electron chi connectivity index (χ1n) is 8.96. The van der Waals surface area contributed by atoms with Crippen LogP contribution in [0.25, 0.3) is 0 Å². The molecule has 0 saturated carbocycles. The highest BCUT2D eigenvalue weighted by Gasteiger charge is 2.39.